The van der Waals surface area contributed by atoms with Crippen molar-refractivity contribution in [3.05, 3.63) is 29.8 Å². The third-order valence-electron chi connectivity index (χ3n) is 4.62. The first kappa shape index (κ1) is 21.0. The molecule has 0 aliphatic heterocycles. The van der Waals surface area contributed by atoms with Gasteiger partial charge in [0.25, 0.3) is 0 Å². The van der Waals surface area contributed by atoms with Crippen molar-refractivity contribution in [3.8, 4) is 0 Å². The highest BCUT2D eigenvalue weighted by atomic mass is 15.1. The van der Waals surface area contributed by atoms with Gasteiger partial charge in [-0.2, -0.15) is 0 Å². The zero-order valence-corrected chi connectivity index (χ0v) is 16.4. The Balaban J connectivity index is 2.52. The molecule has 0 saturated heterocycles. The van der Waals surface area contributed by atoms with E-state index in [1.54, 1.807) is 0 Å². The summed E-state index contributed by atoms with van der Waals surface area (Å²) in [6.07, 6.45) is 11.9. The Kier molecular flexibility index (Phi) is 12.6. The summed E-state index contributed by atoms with van der Waals surface area (Å²) in [5, 5.41) is 3.48. The van der Waals surface area contributed by atoms with Crippen molar-refractivity contribution >= 4 is 5.69 Å². The highest BCUT2D eigenvalue weighted by Gasteiger charge is 2.06. The zero-order chi connectivity index (χ0) is 17.5. The predicted octanol–water partition coefficient (Wildman–Crippen LogP) is 6.15. The van der Waals surface area contributed by atoms with Gasteiger partial charge in [0.15, 0.2) is 0 Å². The van der Waals surface area contributed by atoms with Crippen molar-refractivity contribution in [2.45, 2.75) is 85.1 Å². The highest BCUT2D eigenvalue weighted by molar-refractivity contribution is 5.47. The molecule has 2 nitrogen and oxygen atoms in total. The molecule has 0 aliphatic rings. The summed E-state index contributed by atoms with van der Waals surface area (Å²) in [7, 11) is 0. The summed E-state index contributed by atoms with van der Waals surface area (Å²) in [6.45, 7) is 11.3. The lowest BCUT2D eigenvalue weighted by molar-refractivity contribution is 0.608. The van der Waals surface area contributed by atoms with Crippen molar-refractivity contribution in [1.29, 1.82) is 0 Å². The maximum Gasteiger partial charge on any atom is 0.0366 e. The highest BCUT2D eigenvalue weighted by Crippen LogP contribution is 2.18. The second-order valence-corrected chi connectivity index (χ2v) is 6.95. The molecule has 0 bridgehead atoms. The molecular formula is C22H40N2. The maximum absolute atomic E-state index is 3.48. The molecule has 0 heterocycles. The molecule has 0 unspecified atom stereocenters. The summed E-state index contributed by atoms with van der Waals surface area (Å²) in [5.74, 6) is 0. The van der Waals surface area contributed by atoms with Gasteiger partial charge in [-0.1, -0.05) is 71.4 Å². The van der Waals surface area contributed by atoms with Gasteiger partial charge in [0.1, 0.15) is 0 Å². The van der Waals surface area contributed by atoms with Gasteiger partial charge in [0.2, 0.25) is 0 Å². The number of hydrogen-bond donors (Lipinski definition) is 1. The van der Waals surface area contributed by atoms with Gasteiger partial charge in [0.05, 0.1) is 0 Å². The van der Waals surface area contributed by atoms with E-state index in [9.17, 15) is 0 Å². The Morgan fingerprint density at radius 1 is 0.708 bits per heavy atom. The third-order valence-corrected chi connectivity index (χ3v) is 4.62. The van der Waals surface area contributed by atoms with Crippen molar-refractivity contribution in [1.82, 2.24) is 5.32 Å². The summed E-state index contributed by atoms with van der Waals surface area (Å²) in [4.78, 5) is 2.61. The molecule has 0 amide bonds. The third kappa shape index (κ3) is 9.32. The fraction of sp³-hybridized carbons (Fsp3) is 0.727. The smallest absolute Gasteiger partial charge is 0.0366 e. The van der Waals surface area contributed by atoms with Crippen LogP contribution in [0.25, 0.3) is 0 Å². The fourth-order valence-electron chi connectivity index (χ4n) is 3.06. The standard InChI is InChI=1S/C22H40N2/c1-4-7-9-11-18-24(19-12-10-8-5-2)22-15-13-21(14-16-22)20-23-17-6-3/h13-16,23H,4-12,17-20H2,1-3H3. The summed E-state index contributed by atoms with van der Waals surface area (Å²) in [6, 6.07) is 9.23. The maximum atomic E-state index is 3.48. The van der Waals surface area contributed by atoms with Crippen LogP contribution in [0.15, 0.2) is 24.3 Å². The van der Waals surface area contributed by atoms with Crippen LogP contribution in [0, 0.1) is 0 Å². The van der Waals surface area contributed by atoms with Gasteiger partial charge in [-0.25, -0.2) is 0 Å². The number of hydrogen-bond acceptors (Lipinski definition) is 2. The number of benzene rings is 1. The number of rotatable bonds is 15. The molecule has 2 heteroatoms. The van der Waals surface area contributed by atoms with Crippen molar-refractivity contribution in [3.63, 3.8) is 0 Å². The number of unbranched alkanes of at least 4 members (excludes halogenated alkanes) is 6. The number of nitrogens with one attached hydrogen (secondary N) is 1. The minimum absolute atomic E-state index is 0.987. The molecule has 1 rings (SSSR count). The minimum atomic E-state index is 0.987. The first-order valence-corrected chi connectivity index (χ1v) is 10.4. The monoisotopic (exact) mass is 332 g/mol. The molecule has 24 heavy (non-hydrogen) atoms. The Hall–Kier alpha value is -1.02. The molecule has 0 spiro atoms. The first-order valence-electron chi connectivity index (χ1n) is 10.4. The van der Waals surface area contributed by atoms with Gasteiger partial charge in [-0.3, -0.25) is 0 Å². The van der Waals surface area contributed by atoms with Crippen LogP contribution < -0.4 is 10.2 Å². The van der Waals surface area contributed by atoms with Crippen LogP contribution in [0.1, 0.15) is 84.1 Å². The molecule has 0 aromatic heterocycles. The molecule has 0 aliphatic carbocycles. The minimum Gasteiger partial charge on any atom is -0.372 e. The average molecular weight is 333 g/mol. The van der Waals surface area contributed by atoms with Gasteiger partial charge in [-0.15, -0.1) is 0 Å². The van der Waals surface area contributed by atoms with Crippen molar-refractivity contribution < 1.29 is 0 Å². The Labute approximate surface area is 151 Å². The van der Waals surface area contributed by atoms with Crippen molar-refractivity contribution in [2.24, 2.45) is 0 Å². The predicted molar refractivity (Wildman–Crippen MR) is 109 cm³/mol. The van der Waals surface area contributed by atoms with E-state index >= 15 is 0 Å². The van der Waals surface area contributed by atoms with E-state index in [4.69, 9.17) is 0 Å². The lowest BCUT2D eigenvalue weighted by atomic mass is 10.1. The second-order valence-electron chi connectivity index (χ2n) is 6.95. The second kappa shape index (κ2) is 14.3. The topological polar surface area (TPSA) is 15.3 Å². The van der Waals surface area contributed by atoms with Crippen LogP contribution in [-0.4, -0.2) is 19.6 Å². The van der Waals surface area contributed by atoms with Crippen LogP contribution >= 0.6 is 0 Å². The molecule has 0 radical (unpaired) electrons. The Morgan fingerprint density at radius 2 is 1.29 bits per heavy atom. The van der Waals surface area contributed by atoms with Crippen LogP contribution in [-0.2, 0) is 6.54 Å². The summed E-state index contributed by atoms with van der Waals surface area (Å²) < 4.78 is 0. The molecule has 138 valence electrons. The van der Waals surface area contributed by atoms with E-state index in [0.29, 0.717) is 0 Å². The Morgan fingerprint density at radius 3 is 1.79 bits per heavy atom. The van der Waals surface area contributed by atoms with Gasteiger partial charge < -0.3 is 10.2 Å². The number of nitrogens with zero attached hydrogens (tertiary/aromatic N) is 1. The van der Waals surface area contributed by atoms with Crippen LogP contribution in [0.5, 0.6) is 0 Å². The van der Waals surface area contributed by atoms with E-state index in [2.05, 4.69) is 55.3 Å². The molecule has 1 aromatic rings. The molecule has 0 saturated carbocycles. The molecule has 1 N–H and O–H groups in total. The van der Waals surface area contributed by atoms with E-state index in [1.807, 2.05) is 0 Å². The summed E-state index contributed by atoms with van der Waals surface area (Å²) in [5.41, 5.74) is 2.80. The van der Waals surface area contributed by atoms with E-state index in [-0.39, 0.29) is 0 Å². The van der Waals surface area contributed by atoms with Crippen LogP contribution in [0.2, 0.25) is 0 Å². The Bertz CT molecular complexity index is 373. The van der Waals surface area contributed by atoms with Crippen molar-refractivity contribution in [2.75, 3.05) is 24.5 Å². The lowest BCUT2D eigenvalue weighted by Gasteiger charge is -2.25. The largest absolute Gasteiger partial charge is 0.372 e. The first-order chi connectivity index (χ1) is 11.8. The fourth-order valence-corrected chi connectivity index (χ4v) is 3.06. The van der Waals surface area contributed by atoms with Crippen LogP contribution in [0.3, 0.4) is 0 Å². The molecule has 0 fully saturated rings. The molecule has 0 atom stereocenters. The van der Waals surface area contributed by atoms with E-state index in [0.717, 1.165) is 13.1 Å². The van der Waals surface area contributed by atoms with Gasteiger partial charge in [-0.05, 0) is 43.5 Å². The van der Waals surface area contributed by atoms with Gasteiger partial charge in [0, 0.05) is 25.3 Å². The molecule has 1 aromatic carbocycles. The lowest BCUT2D eigenvalue weighted by Crippen LogP contribution is -2.25. The SMILES string of the molecule is CCCCCCN(CCCCCC)c1ccc(CNCCC)cc1. The normalized spacial score (nSPS) is 11.0. The number of anilines is 1. The average Bonchev–Trinajstić information content (AvgIpc) is 2.61. The van der Waals surface area contributed by atoms with E-state index < -0.39 is 0 Å². The molecular weight excluding hydrogens is 292 g/mol. The summed E-state index contributed by atoms with van der Waals surface area (Å²) >= 11 is 0. The zero-order valence-electron chi connectivity index (χ0n) is 16.4. The quantitative estimate of drug-likeness (QED) is 0.387. The van der Waals surface area contributed by atoms with Gasteiger partial charge >= 0.3 is 0 Å². The van der Waals surface area contributed by atoms with Crippen LogP contribution in [0.4, 0.5) is 5.69 Å². The van der Waals surface area contributed by atoms with E-state index in [1.165, 1.54) is 82.1 Å².